The molecule has 1 heterocycles. The van der Waals surface area contributed by atoms with Crippen LogP contribution in [-0.2, 0) is 9.53 Å². The lowest BCUT2D eigenvalue weighted by atomic mass is 9.45. The second-order valence-corrected chi connectivity index (χ2v) is 10.1. The smallest absolute Gasteiger partial charge is 0.133 e. The molecular formula is C21H32O2. The lowest BCUT2D eigenvalue weighted by Gasteiger charge is -2.59. The number of ketones is 1. The minimum absolute atomic E-state index is 0.309. The fourth-order valence-electron chi connectivity index (χ4n) is 8.19. The lowest BCUT2D eigenvalue weighted by Crippen LogP contribution is -2.54. The van der Waals surface area contributed by atoms with Crippen LogP contribution in [-0.4, -0.2) is 18.0 Å². The molecule has 1 saturated heterocycles. The quantitative estimate of drug-likeness (QED) is 0.661. The van der Waals surface area contributed by atoms with E-state index in [2.05, 4.69) is 13.8 Å². The van der Waals surface area contributed by atoms with Crippen LogP contribution in [0.1, 0.15) is 72.1 Å². The molecule has 0 aromatic heterocycles. The van der Waals surface area contributed by atoms with Crippen molar-refractivity contribution in [3.63, 3.8) is 0 Å². The predicted molar refractivity (Wildman–Crippen MR) is 89.9 cm³/mol. The number of epoxide rings is 1. The molecule has 5 fully saturated rings. The second-order valence-electron chi connectivity index (χ2n) is 10.1. The van der Waals surface area contributed by atoms with Crippen LogP contribution in [0.5, 0.6) is 0 Å². The third-order valence-corrected chi connectivity index (χ3v) is 9.40. The molecule has 2 nitrogen and oxygen atoms in total. The maximum atomic E-state index is 12.2. The highest BCUT2D eigenvalue weighted by Gasteiger charge is 2.63. The first-order chi connectivity index (χ1) is 10.9. The van der Waals surface area contributed by atoms with Crippen LogP contribution in [0, 0.1) is 40.4 Å². The first-order valence-electron chi connectivity index (χ1n) is 10.1. The van der Waals surface area contributed by atoms with E-state index < -0.39 is 0 Å². The van der Waals surface area contributed by atoms with Gasteiger partial charge in [-0.15, -0.1) is 0 Å². The van der Waals surface area contributed by atoms with Crippen molar-refractivity contribution in [3.8, 4) is 0 Å². The molecule has 4 saturated carbocycles. The molecule has 0 radical (unpaired) electrons. The van der Waals surface area contributed by atoms with Crippen LogP contribution >= 0.6 is 0 Å². The highest BCUT2D eigenvalue weighted by molar-refractivity contribution is 5.79. The molecule has 2 heteroatoms. The molecule has 0 spiro atoms. The summed E-state index contributed by atoms with van der Waals surface area (Å²) in [6.07, 6.45) is 11.8. The zero-order valence-corrected chi connectivity index (χ0v) is 15.0. The van der Waals surface area contributed by atoms with Crippen molar-refractivity contribution in [3.05, 3.63) is 0 Å². The van der Waals surface area contributed by atoms with E-state index in [1.165, 1.54) is 44.9 Å². The summed E-state index contributed by atoms with van der Waals surface area (Å²) < 4.78 is 5.92. The van der Waals surface area contributed by atoms with Crippen molar-refractivity contribution < 1.29 is 9.53 Å². The summed E-state index contributed by atoms with van der Waals surface area (Å²) in [4.78, 5) is 12.2. The molecule has 0 aromatic carbocycles. The van der Waals surface area contributed by atoms with Gasteiger partial charge >= 0.3 is 0 Å². The predicted octanol–water partition coefficient (Wildman–Crippen LogP) is 4.61. The molecule has 9 atom stereocenters. The second kappa shape index (κ2) is 4.62. The van der Waals surface area contributed by atoms with E-state index in [0.29, 0.717) is 34.7 Å². The van der Waals surface area contributed by atoms with Gasteiger partial charge in [-0.25, -0.2) is 0 Å². The van der Waals surface area contributed by atoms with Crippen LogP contribution in [0.2, 0.25) is 0 Å². The average molecular weight is 316 g/mol. The number of carbonyl (C=O) groups is 1. The average Bonchev–Trinajstić information content (AvgIpc) is 3.13. The Hall–Kier alpha value is -0.370. The molecule has 128 valence electrons. The maximum absolute atomic E-state index is 12.2. The van der Waals surface area contributed by atoms with Crippen molar-refractivity contribution in [2.45, 2.75) is 84.3 Å². The number of rotatable bonds is 1. The van der Waals surface area contributed by atoms with Gasteiger partial charge in [-0.1, -0.05) is 13.8 Å². The van der Waals surface area contributed by atoms with Gasteiger partial charge in [-0.2, -0.15) is 0 Å². The fourth-order valence-corrected chi connectivity index (χ4v) is 8.19. The van der Waals surface area contributed by atoms with Crippen LogP contribution in [0.25, 0.3) is 0 Å². The molecule has 23 heavy (non-hydrogen) atoms. The Kier molecular flexibility index (Phi) is 3.00. The zero-order chi connectivity index (χ0) is 16.0. The largest absolute Gasteiger partial charge is 0.370 e. The molecule has 0 aromatic rings. The standard InChI is InChI=1S/C21H32O2/c1-12(22)15-6-7-16-14-5-4-13-10-18-19(23-18)11-21(13,3)17(14)8-9-20(15,16)2/h13-19H,4-11H2,1-3H3/t13?,14-,15+,16?,17?,18-,19+,20+,21-/m0/s1. The van der Waals surface area contributed by atoms with Crippen LogP contribution in [0.15, 0.2) is 0 Å². The first-order valence-corrected chi connectivity index (χ1v) is 10.1. The summed E-state index contributed by atoms with van der Waals surface area (Å²) in [6.45, 7) is 6.91. The summed E-state index contributed by atoms with van der Waals surface area (Å²) in [6, 6.07) is 0. The third kappa shape index (κ3) is 1.88. The van der Waals surface area contributed by atoms with Crippen molar-refractivity contribution in [2.24, 2.45) is 40.4 Å². The third-order valence-electron chi connectivity index (χ3n) is 9.40. The van der Waals surface area contributed by atoms with Crippen LogP contribution in [0.3, 0.4) is 0 Å². The van der Waals surface area contributed by atoms with E-state index >= 15 is 0 Å². The Morgan fingerprint density at radius 2 is 1.74 bits per heavy atom. The van der Waals surface area contributed by atoms with E-state index in [1.54, 1.807) is 0 Å². The van der Waals surface area contributed by atoms with Gasteiger partial charge in [0.2, 0.25) is 0 Å². The number of ether oxygens (including phenoxy) is 1. The Bertz CT molecular complexity index is 542. The normalized spacial score (nSPS) is 60.2. The Morgan fingerprint density at radius 3 is 2.52 bits per heavy atom. The Morgan fingerprint density at radius 1 is 0.957 bits per heavy atom. The number of carbonyl (C=O) groups excluding carboxylic acids is 1. The van der Waals surface area contributed by atoms with Gasteiger partial charge in [-0.05, 0) is 92.8 Å². The molecule has 5 aliphatic rings. The summed E-state index contributed by atoms with van der Waals surface area (Å²) in [7, 11) is 0. The van der Waals surface area contributed by atoms with E-state index in [0.717, 1.165) is 30.1 Å². The van der Waals surface area contributed by atoms with Gasteiger partial charge in [0.15, 0.2) is 0 Å². The van der Waals surface area contributed by atoms with Gasteiger partial charge in [0, 0.05) is 5.92 Å². The van der Waals surface area contributed by atoms with Crippen molar-refractivity contribution in [1.29, 1.82) is 0 Å². The first kappa shape index (κ1) is 14.9. The van der Waals surface area contributed by atoms with Crippen molar-refractivity contribution >= 4 is 5.78 Å². The highest BCUT2D eigenvalue weighted by atomic mass is 16.6. The van der Waals surface area contributed by atoms with Gasteiger partial charge in [0.05, 0.1) is 12.2 Å². The molecule has 5 rings (SSSR count). The minimum Gasteiger partial charge on any atom is -0.370 e. The Labute approximate surface area is 140 Å². The lowest BCUT2D eigenvalue weighted by molar-refractivity contribution is -0.132. The van der Waals surface area contributed by atoms with Gasteiger partial charge in [0.1, 0.15) is 5.78 Å². The van der Waals surface area contributed by atoms with E-state index in [4.69, 9.17) is 4.74 Å². The molecule has 0 bridgehead atoms. The van der Waals surface area contributed by atoms with E-state index in [-0.39, 0.29) is 0 Å². The molecule has 4 aliphatic carbocycles. The molecule has 0 amide bonds. The van der Waals surface area contributed by atoms with Crippen molar-refractivity contribution in [2.75, 3.05) is 0 Å². The number of fused-ring (bicyclic) bond motifs is 6. The van der Waals surface area contributed by atoms with Crippen molar-refractivity contribution in [1.82, 2.24) is 0 Å². The SMILES string of the molecule is CC(=O)[C@H]1CCC2[C@@H]3CCC4C[C@@H]5O[C@@H]5C[C@]4(C)C3CC[C@@]21C. The summed E-state index contributed by atoms with van der Waals surface area (Å²) in [5.74, 6) is 4.30. The monoisotopic (exact) mass is 316 g/mol. The Balaban J connectivity index is 1.46. The number of hydrogen-bond acceptors (Lipinski definition) is 2. The minimum atomic E-state index is 0.309. The van der Waals surface area contributed by atoms with E-state index in [1.807, 2.05) is 6.92 Å². The summed E-state index contributed by atoms with van der Waals surface area (Å²) in [5.41, 5.74) is 0.833. The van der Waals surface area contributed by atoms with Gasteiger partial charge < -0.3 is 4.74 Å². The van der Waals surface area contributed by atoms with Gasteiger partial charge in [0.25, 0.3) is 0 Å². The van der Waals surface area contributed by atoms with Crippen LogP contribution in [0.4, 0.5) is 0 Å². The zero-order valence-electron chi connectivity index (χ0n) is 15.0. The summed E-state index contributed by atoms with van der Waals surface area (Å²) in [5, 5.41) is 0. The molecule has 0 N–H and O–H groups in total. The van der Waals surface area contributed by atoms with E-state index in [9.17, 15) is 4.79 Å². The van der Waals surface area contributed by atoms with Gasteiger partial charge in [-0.3, -0.25) is 4.79 Å². The number of hydrogen-bond donors (Lipinski definition) is 0. The number of Topliss-reactive ketones (excluding diaryl/α,β-unsaturated/α-hetero) is 1. The maximum Gasteiger partial charge on any atom is 0.133 e. The molecule has 3 unspecified atom stereocenters. The topological polar surface area (TPSA) is 29.6 Å². The molecule has 1 aliphatic heterocycles. The van der Waals surface area contributed by atoms with Crippen LogP contribution < -0.4 is 0 Å². The summed E-state index contributed by atoms with van der Waals surface area (Å²) >= 11 is 0. The highest BCUT2D eigenvalue weighted by Crippen LogP contribution is 2.68. The fraction of sp³-hybridized carbons (Fsp3) is 0.952. The molecular weight excluding hydrogens is 284 g/mol.